The molecular formula is C21H34BN6O11P. The minimum atomic E-state index is -5.11. The summed E-state index contributed by atoms with van der Waals surface area (Å²) in [4.78, 5) is 74.9. The monoisotopic (exact) mass is 588 g/mol. The van der Waals surface area contributed by atoms with E-state index in [4.69, 9.17) is 28.9 Å². The zero-order valence-corrected chi connectivity index (χ0v) is 23.0. The number of carboxylic acid groups (broad SMARTS) is 1. The number of amides is 3. The lowest BCUT2D eigenvalue weighted by molar-refractivity contribution is -0.137. The summed E-state index contributed by atoms with van der Waals surface area (Å²) in [6.45, 7) is 4.98. The van der Waals surface area contributed by atoms with Crippen LogP contribution >= 0.6 is 7.60 Å². The zero-order chi connectivity index (χ0) is 29.7. The Morgan fingerprint density at radius 2 is 1.82 bits per heavy atom. The number of nitrogens with one attached hydrogen (secondary N) is 3. The van der Waals surface area contributed by atoms with Crippen molar-refractivity contribution in [3.05, 3.63) is 24.3 Å². The van der Waals surface area contributed by atoms with Crippen molar-refractivity contribution in [3.8, 4) is 0 Å². The number of aromatic nitrogens is 2. The van der Waals surface area contributed by atoms with Crippen LogP contribution < -0.4 is 16.0 Å². The van der Waals surface area contributed by atoms with Crippen molar-refractivity contribution in [1.29, 1.82) is 0 Å². The highest BCUT2D eigenvalue weighted by molar-refractivity contribution is 7.53. The molecule has 17 nitrogen and oxygen atoms in total. The second kappa shape index (κ2) is 16.2. The van der Waals surface area contributed by atoms with Gasteiger partial charge >= 0.3 is 26.8 Å². The molecule has 0 aliphatic carbocycles. The summed E-state index contributed by atoms with van der Waals surface area (Å²) in [7, 11) is -5.86. The first-order chi connectivity index (χ1) is 18.9. The molecule has 222 valence electrons. The van der Waals surface area contributed by atoms with Crippen LogP contribution in [-0.2, 0) is 28.2 Å². The van der Waals surface area contributed by atoms with Crippen LogP contribution in [0.3, 0.4) is 0 Å². The van der Waals surface area contributed by atoms with Gasteiger partial charge in [0.1, 0.15) is 12.3 Å². The summed E-state index contributed by atoms with van der Waals surface area (Å²) in [6, 6.07) is 0. The van der Waals surface area contributed by atoms with E-state index in [-0.39, 0.29) is 44.5 Å². The second-order valence-corrected chi connectivity index (χ2v) is 10.8. The Morgan fingerprint density at radius 3 is 2.38 bits per heavy atom. The van der Waals surface area contributed by atoms with E-state index in [1.54, 1.807) is 5.32 Å². The molecule has 2 atom stereocenters. The van der Waals surface area contributed by atoms with Crippen molar-refractivity contribution in [2.75, 3.05) is 46.0 Å². The lowest BCUT2D eigenvalue weighted by Crippen LogP contribution is -2.54. The van der Waals surface area contributed by atoms with Crippen molar-refractivity contribution in [2.24, 2.45) is 5.92 Å². The predicted molar refractivity (Wildman–Crippen MR) is 138 cm³/mol. The van der Waals surface area contributed by atoms with Crippen LogP contribution in [0.1, 0.15) is 30.8 Å². The molecule has 6 N–H and O–H groups in total. The third kappa shape index (κ3) is 11.9. The van der Waals surface area contributed by atoms with Crippen LogP contribution in [0, 0.1) is 5.92 Å². The Morgan fingerprint density at radius 1 is 1.15 bits per heavy atom. The van der Waals surface area contributed by atoms with Gasteiger partial charge in [-0.1, -0.05) is 13.8 Å². The van der Waals surface area contributed by atoms with Crippen molar-refractivity contribution >= 4 is 38.6 Å². The van der Waals surface area contributed by atoms with Gasteiger partial charge in [-0.25, -0.2) is 14.6 Å². The van der Waals surface area contributed by atoms with Gasteiger partial charge in [-0.3, -0.25) is 29.4 Å². The number of rotatable bonds is 13. The second-order valence-electron chi connectivity index (χ2n) is 9.14. The highest BCUT2D eigenvalue weighted by atomic mass is 31.2. The standard InChI is InChI=1S/C21H34BN6O11P/c1-14(2)11-16(26-17(29)13-25-18(30)15-12-23-3-4-24-15)22-38-9-6-28(7-10-39-22)5-8-37-21(33)27-19(20(31)32)40(34,35)36/h3-4,12,14,16,19H,5-11,13H2,1-2H3,(H,25,30)(H,26,29)(H,27,33)(H,31,32)(H2,34,35,36)/t16-,19?/m1/s1. The molecule has 0 bridgehead atoms. The molecule has 1 fully saturated rings. The van der Waals surface area contributed by atoms with Crippen LogP contribution in [0.4, 0.5) is 4.79 Å². The van der Waals surface area contributed by atoms with Crippen molar-refractivity contribution in [3.63, 3.8) is 0 Å². The Labute approximate surface area is 230 Å². The van der Waals surface area contributed by atoms with Crippen LogP contribution in [0.2, 0.25) is 0 Å². The van der Waals surface area contributed by atoms with Crippen LogP contribution in [0.5, 0.6) is 0 Å². The zero-order valence-electron chi connectivity index (χ0n) is 22.1. The Balaban J connectivity index is 1.79. The van der Waals surface area contributed by atoms with Gasteiger partial charge in [0.05, 0.1) is 18.7 Å². The van der Waals surface area contributed by atoms with Gasteiger partial charge in [0.25, 0.3) is 5.91 Å². The predicted octanol–water partition coefficient (Wildman–Crippen LogP) is -1.57. The van der Waals surface area contributed by atoms with E-state index in [0.29, 0.717) is 19.5 Å². The fourth-order valence-corrected chi connectivity index (χ4v) is 4.15. The smallest absolute Gasteiger partial charge is 0.479 e. The number of carbonyl (C=O) groups excluding carboxylic acids is 3. The largest absolute Gasteiger partial charge is 0.480 e. The van der Waals surface area contributed by atoms with E-state index >= 15 is 0 Å². The van der Waals surface area contributed by atoms with Gasteiger partial charge < -0.3 is 39.6 Å². The normalized spacial score (nSPS) is 16.3. The summed E-state index contributed by atoms with van der Waals surface area (Å²) in [5, 5.41) is 15.8. The molecule has 2 rings (SSSR count). The number of alkyl carbamates (subject to hydrolysis) is 1. The lowest BCUT2D eigenvalue weighted by atomic mass is 9.73. The molecule has 19 heteroatoms. The number of hydrogen-bond acceptors (Lipinski definition) is 11. The van der Waals surface area contributed by atoms with Crippen LogP contribution in [0.25, 0.3) is 0 Å². The van der Waals surface area contributed by atoms with E-state index in [1.807, 2.05) is 18.7 Å². The van der Waals surface area contributed by atoms with Gasteiger partial charge in [-0.2, -0.15) is 0 Å². The maximum absolute atomic E-state index is 12.5. The van der Waals surface area contributed by atoms with Gasteiger partial charge in [0.2, 0.25) is 11.7 Å². The SMILES string of the molecule is CC(C)C[C@@H](NC(=O)CNC(=O)c1cnccn1)B1OCCN(CCOC(=O)NC(C(=O)O)P(=O)(O)O)CCO1. The molecule has 3 amide bonds. The molecule has 2 heterocycles. The van der Waals surface area contributed by atoms with Gasteiger partial charge in [-0.15, -0.1) is 0 Å². The number of ether oxygens (including phenoxy) is 1. The third-order valence-corrected chi connectivity index (χ3v) is 6.47. The van der Waals surface area contributed by atoms with E-state index in [2.05, 4.69) is 20.6 Å². The number of carbonyl (C=O) groups is 4. The first kappa shape index (κ1) is 33.1. The number of carboxylic acids is 1. The van der Waals surface area contributed by atoms with Crippen LogP contribution in [-0.4, -0.2) is 118 Å². The molecular weight excluding hydrogens is 554 g/mol. The van der Waals surface area contributed by atoms with E-state index in [9.17, 15) is 23.7 Å². The minimum absolute atomic E-state index is 0.0851. The fraction of sp³-hybridized carbons (Fsp3) is 0.619. The van der Waals surface area contributed by atoms with Crippen molar-refractivity contribution < 1.29 is 52.7 Å². The molecule has 40 heavy (non-hydrogen) atoms. The molecule has 1 aliphatic rings. The maximum atomic E-state index is 12.5. The Hall–Kier alpha value is -3.15. The molecule has 1 unspecified atom stereocenters. The number of nitrogens with zero attached hydrogens (tertiary/aromatic N) is 3. The van der Waals surface area contributed by atoms with Gasteiger partial charge in [0.15, 0.2) is 0 Å². The number of hydrogen-bond donors (Lipinski definition) is 6. The van der Waals surface area contributed by atoms with Crippen molar-refractivity contribution in [1.82, 2.24) is 30.8 Å². The van der Waals surface area contributed by atoms with E-state index < -0.39 is 50.3 Å². The first-order valence-corrected chi connectivity index (χ1v) is 14.1. The van der Waals surface area contributed by atoms with Gasteiger partial charge in [0, 0.05) is 45.2 Å². The topological polar surface area (TPSA) is 239 Å². The molecule has 0 radical (unpaired) electrons. The summed E-state index contributed by atoms with van der Waals surface area (Å²) in [6.07, 6.45) is 3.35. The molecule has 1 saturated heterocycles. The third-order valence-electron chi connectivity index (χ3n) is 5.45. The molecule has 1 aromatic rings. The Bertz CT molecular complexity index is 1040. The molecule has 0 spiro atoms. The summed E-state index contributed by atoms with van der Waals surface area (Å²) in [5.41, 5.74) is 0.0851. The minimum Gasteiger partial charge on any atom is -0.479 e. The highest BCUT2D eigenvalue weighted by Crippen LogP contribution is 2.39. The summed E-state index contributed by atoms with van der Waals surface area (Å²) in [5.74, 6) is -5.56. The lowest BCUT2D eigenvalue weighted by Gasteiger charge is -2.31. The van der Waals surface area contributed by atoms with Crippen molar-refractivity contribution in [2.45, 2.75) is 32.0 Å². The molecule has 0 aromatic carbocycles. The summed E-state index contributed by atoms with van der Waals surface area (Å²) >= 11 is 0. The van der Waals surface area contributed by atoms with Gasteiger partial charge in [-0.05, 0) is 12.3 Å². The molecule has 1 aromatic heterocycles. The van der Waals surface area contributed by atoms with E-state index in [0.717, 1.165) is 0 Å². The van der Waals surface area contributed by atoms with E-state index in [1.165, 1.54) is 18.6 Å². The molecule has 0 saturated carbocycles. The Kier molecular flexibility index (Phi) is 13.4. The summed E-state index contributed by atoms with van der Waals surface area (Å²) < 4.78 is 27.7. The maximum Gasteiger partial charge on any atom is 0.480 e. The average Bonchev–Trinajstić information content (AvgIpc) is 2.86. The highest BCUT2D eigenvalue weighted by Gasteiger charge is 2.38. The average molecular weight is 588 g/mol. The fourth-order valence-electron chi connectivity index (χ4n) is 3.59. The number of aliphatic carboxylic acids is 1. The molecule has 1 aliphatic heterocycles. The quantitative estimate of drug-likeness (QED) is 0.113. The first-order valence-electron chi connectivity index (χ1n) is 12.4. The van der Waals surface area contributed by atoms with Crippen LogP contribution in [0.15, 0.2) is 18.6 Å².